The summed E-state index contributed by atoms with van der Waals surface area (Å²) in [5.41, 5.74) is 2.96. The molecule has 0 radical (unpaired) electrons. The summed E-state index contributed by atoms with van der Waals surface area (Å²) < 4.78 is 5.69. The summed E-state index contributed by atoms with van der Waals surface area (Å²) in [7, 11) is 0. The smallest absolute Gasteiger partial charge is 0.224 e. The van der Waals surface area contributed by atoms with E-state index < -0.39 is 6.10 Å². The molecule has 1 aliphatic rings. The quantitative estimate of drug-likeness (QED) is 0.357. The highest BCUT2D eigenvalue weighted by atomic mass is 32.1. The molecular formula is C27H35N3O3S. The Morgan fingerprint density at radius 2 is 1.91 bits per heavy atom. The normalized spacial score (nSPS) is 18.9. The fourth-order valence-corrected chi connectivity index (χ4v) is 4.21. The number of ether oxygens (including phenoxy) is 1. The number of thiocarbonyl (C=S) groups is 1. The van der Waals surface area contributed by atoms with Gasteiger partial charge in [-0.2, -0.15) is 0 Å². The summed E-state index contributed by atoms with van der Waals surface area (Å²) >= 11 is 5.27. The molecule has 0 unspecified atom stereocenters. The monoisotopic (exact) mass is 481 g/mol. The van der Waals surface area contributed by atoms with Crippen molar-refractivity contribution in [2.45, 2.75) is 64.1 Å². The predicted octanol–water partition coefficient (Wildman–Crippen LogP) is 4.35. The third-order valence-electron chi connectivity index (χ3n) is 5.97. The van der Waals surface area contributed by atoms with Gasteiger partial charge in [-0.25, -0.2) is 0 Å². The van der Waals surface area contributed by atoms with Crippen molar-refractivity contribution < 1.29 is 14.6 Å². The molecule has 3 rings (SSSR count). The van der Waals surface area contributed by atoms with Gasteiger partial charge in [-0.05, 0) is 62.9 Å². The Morgan fingerprint density at radius 1 is 1.18 bits per heavy atom. The van der Waals surface area contributed by atoms with Crippen molar-refractivity contribution in [3.05, 3.63) is 71.9 Å². The molecule has 0 aromatic heterocycles. The highest BCUT2D eigenvalue weighted by Gasteiger charge is 2.29. The molecule has 1 fully saturated rings. The maximum absolute atomic E-state index is 12.2. The van der Waals surface area contributed by atoms with Crippen LogP contribution in [0.3, 0.4) is 0 Å². The number of hydrogen-bond donors (Lipinski definition) is 4. The van der Waals surface area contributed by atoms with E-state index in [1.165, 1.54) is 5.56 Å². The van der Waals surface area contributed by atoms with Gasteiger partial charge in [0.15, 0.2) is 0 Å². The molecule has 1 heterocycles. The van der Waals surface area contributed by atoms with E-state index in [2.05, 4.69) is 16.0 Å². The number of nitrogens with one attached hydrogen (secondary N) is 3. The van der Waals surface area contributed by atoms with Crippen LogP contribution in [0.25, 0.3) is 0 Å². The Hall–Kier alpha value is -2.74. The van der Waals surface area contributed by atoms with Crippen molar-refractivity contribution >= 4 is 28.8 Å². The standard InChI is InChI=1S/C27H35N3O3S/c1-3-19(2)28-27(34)16-15-26(32)30-21-11-9-20(10-12-21)17-22-13-14-24(29-22)25(31)18-33-23-7-5-4-6-8-23/h3-12,22,24-25,29,31H,13-18H2,1-2H3,(H,28,34)(H,30,32)/b19-3-/t22-,24+,25+/m0/s1. The second-order valence-electron chi connectivity index (χ2n) is 8.71. The van der Waals surface area contributed by atoms with E-state index in [0.29, 0.717) is 23.9 Å². The Labute approximate surface area is 207 Å². The van der Waals surface area contributed by atoms with E-state index in [4.69, 9.17) is 17.0 Å². The largest absolute Gasteiger partial charge is 0.491 e. The molecule has 3 atom stereocenters. The number of aliphatic hydroxyl groups excluding tert-OH is 1. The molecule has 182 valence electrons. The molecule has 1 amide bonds. The number of aliphatic hydroxyl groups is 1. The van der Waals surface area contributed by atoms with Crippen LogP contribution in [0.15, 0.2) is 66.4 Å². The Kier molecular flexibility index (Phi) is 10.1. The van der Waals surface area contributed by atoms with Crippen LogP contribution in [0.1, 0.15) is 45.1 Å². The van der Waals surface area contributed by atoms with Gasteiger partial charge in [0, 0.05) is 36.3 Å². The van der Waals surface area contributed by atoms with Crippen LogP contribution >= 0.6 is 12.2 Å². The molecule has 34 heavy (non-hydrogen) atoms. The van der Waals surface area contributed by atoms with Crippen LogP contribution in [0.2, 0.25) is 0 Å². The van der Waals surface area contributed by atoms with E-state index in [0.717, 1.165) is 36.4 Å². The topological polar surface area (TPSA) is 82.6 Å². The number of anilines is 1. The average molecular weight is 482 g/mol. The molecule has 6 nitrogen and oxygen atoms in total. The lowest BCUT2D eigenvalue weighted by Gasteiger charge is -2.20. The van der Waals surface area contributed by atoms with E-state index in [1.54, 1.807) is 0 Å². The number of carbonyl (C=O) groups is 1. The number of benzene rings is 2. The first-order valence-corrected chi connectivity index (χ1v) is 12.3. The Balaban J connectivity index is 1.38. The van der Waals surface area contributed by atoms with Crippen LogP contribution < -0.4 is 20.7 Å². The van der Waals surface area contributed by atoms with Gasteiger partial charge in [-0.1, -0.05) is 48.6 Å². The number of hydrogen-bond acceptors (Lipinski definition) is 5. The predicted molar refractivity (Wildman–Crippen MR) is 141 cm³/mol. The summed E-state index contributed by atoms with van der Waals surface area (Å²) in [5, 5.41) is 20.1. The second kappa shape index (κ2) is 13.2. The number of amides is 1. The van der Waals surface area contributed by atoms with Gasteiger partial charge in [0.2, 0.25) is 5.91 Å². The molecule has 0 bridgehead atoms. The van der Waals surface area contributed by atoms with Crippen LogP contribution in [0.4, 0.5) is 5.69 Å². The van der Waals surface area contributed by atoms with Crippen molar-refractivity contribution in [1.29, 1.82) is 0 Å². The lowest BCUT2D eigenvalue weighted by Crippen LogP contribution is -2.42. The minimum Gasteiger partial charge on any atom is -0.491 e. The molecule has 2 aromatic carbocycles. The van der Waals surface area contributed by atoms with Crippen molar-refractivity contribution in [1.82, 2.24) is 10.6 Å². The lowest BCUT2D eigenvalue weighted by molar-refractivity contribution is -0.116. The van der Waals surface area contributed by atoms with Crippen LogP contribution in [-0.4, -0.2) is 40.8 Å². The zero-order valence-corrected chi connectivity index (χ0v) is 20.7. The van der Waals surface area contributed by atoms with Crippen molar-refractivity contribution in [2.75, 3.05) is 11.9 Å². The minimum absolute atomic E-state index is 0.0319. The van der Waals surface area contributed by atoms with Gasteiger partial charge in [0.05, 0.1) is 4.99 Å². The summed E-state index contributed by atoms with van der Waals surface area (Å²) in [6.07, 6.45) is 5.05. The minimum atomic E-state index is -0.548. The van der Waals surface area contributed by atoms with Crippen molar-refractivity contribution in [3.63, 3.8) is 0 Å². The highest BCUT2D eigenvalue weighted by molar-refractivity contribution is 7.80. The van der Waals surface area contributed by atoms with E-state index in [1.807, 2.05) is 74.5 Å². The summed E-state index contributed by atoms with van der Waals surface area (Å²) in [6, 6.07) is 17.9. The molecule has 0 aliphatic carbocycles. The van der Waals surface area contributed by atoms with Gasteiger partial charge < -0.3 is 25.8 Å². The first-order chi connectivity index (χ1) is 16.4. The number of para-hydroxylation sites is 1. The van der Waals surface area contributed by atoms with Gasteiger partial charge in [0.25, 0.3) is 0 Å². The van der Waals surface area contributed by atoms with Crippen LogP contribution in [0, 0.1) is 0 Å². The molecule has 2 aromatic rings. The van der Waals surface area contributed by atoms with Gasteiger partial charge in [0.1, 0.15) is 18.5 Å². The molecule has 7 heteroatoms. The number of rotatable bonds is 11. The number of carbonyl (C=O) groups excluding carboxylic acids is 1. The molecule has 4 N–H and O–H groups in total. The Morgan fingerprint density at radius 3 is 2.62 bits per heavy atom. The zero-order chi connectivity index (χ0) is 24.3. The molecule has 1 aliphatic heterocycles. The third kappa shape index (κ3) is 8.56. The van der Waals surface area contributed by atoms with Crippen molar-refractivity contribution in [2.24, 2.45) is 0 Å². The number of allylic oxidation sites excluding steroid dienone is 2. The zero-order valence-electron chi connectivity index (χ0n) is 19.9. The molecule has 0 saturated carbocycles. The van der Waals surface area contributed by atoms with Gasteiger partial charge in [-0.15, -0.1) is 0 Å². The lowest BCUT2D eigenvalue weighted by atomic mass is 10.0. The maximum Gasteiger partial charge on any atom is 0.224 e. The Bertz CT molecular complexity index is 963. The van der Waals surface area contributed by atoms with E-state index in [9.17, 15) is 9.90 Å². The summed E-state index contributed by atoms with van der Waals surface area (Å²) in [6.45, 7) is 4.16. The first-order valence-electron chi connectivity index (χ1n) is 11.9. The summed E-state index contributed by atoms with van der Waals surface area (Å²) in [5.74, 6) is 0.716. The SMILES string of the molecule is C/C=C(/C)NC(=S)CCC(=O)Nc1ccc(C[C@@H]2CC[C@H]([C@H](O)COc3ccccc3)N2)cc1. The van der Waals surface area contributed by atoms with Gasteiger partial charge >= 0.3 is 0 Å². The van der Waals surface area contributed by atoms with Gasteiger partial charge in [-0.3, -0.25) is 4.79 Å². The molecular weight excluding hydrogens is 446 g/mol. The summed E-state index contributed by atoms with van der Waals surface area (Å²) in [4.78, 5) is 12.9. The molecule has 0 spiro atoms. The first kappa shape index (κ1) is 25.9. The van der Waals surface area contributed by atoms with E-state index >= 15 is 0 Å². The van der Waals surface area contributed by atoms with Crippen LogP contribution in [0.5, 0.6) is 5.75 Å². The van der Waals surface area contributed by atoms with Crippen molar-refractivity contribution in [3.8, 4) is 5.75 Å². The fourth-order valence-electron chi connectivity index (χ4n) is 3.94. The third-order valence-corrected chi connectivity index (χ3v) is 6.28. The van der Waals surface area contributed by atoms with E-state index in [-0.39, 0.29) is 18.6 Å². The average Bonchev–Trinajstić information content (AvgIpc) is 3.31. The maximum atomic E-state index is 12.2. The van der Waals surface area contributed by atoms with Crippen LogP contribution in [-0.2, 0) is 11.2 Å². The highest BCUT2D eigenvalue weighted by Crippen LogP contribution is 2.21. The molecule has 1 saturated heterocycles. The second-order valence-corrected chi connectivity index (χ2v) is 9.20. The fraction of sp³-hybridized carbons (Fsp3) is 0.407.